The van der Waals surface area contributed by atoms with E-state index >= 15 is 0 Å². The molecular weight excluding hydrogens is 457 g/mol. The molecule has 8 nitrogen and oxygen atoms in total. The lowest BCUT2D eigenvalue weighted by Gasteiger charge is -2.11. The molecule has 1 aliphatic rings. The van der Waals surface area contributed by atoms with Gasteiger partial charge in [0.15, 0.2) is 0 Å². The average molecular weight is 470 g/mol. The number of benzene rings is 1. The number of hydrogen-bond acceptors (Lipinski definition) is 5. The summed E-state index contributed by atoms with van der Waals surface area (Å²) in [4.78, 5) is 36.6. The lowest BCUT2D eigenvalue weighted by atomic mass is 10.1. The Labute approximate surface area is 175 Å². The summed E-state index contributed by atoms with van der Waals surface area (Å²) in [5.41, 5.74) is 0.589. The van der Waals surface area contributed by atoms with Gasteiger partial charge in [-0.1, -0.05) is 11.6 Å². The van der Waals surface area contributed by atoms with Gasteiger partial charge >= 0.3 is 18.8 Å². The van der Waals surface area contributed by atoms with Crippen molar-refractivity contribution in [2.45, 2.75) is 25.3 Å². The molecular formula is C17H13ClF5N3O5. The molecule has 0 saturated carbocycles. The van der Waals surface area contributed by atoms with Crippen molar-refractivity contribution < 1.29 is 46.2 Å². The van der Waals surface area contributed by atoms with E-state index in [4.69, 9.17) is 21.5 Å². The van der Waals surface area contributed by atoms with Crippen LogP contribution >= 0.6 is 11.6 Å². The van der Waals surface area contributed by atoms with E-state index in [1.807, 2.05) is 0 Å². The number of halogens is 6. The Hall–Kier alpha value is -3.22. The van der Waals surface area contributed by atoms with Crippen molar-refractivity contribution in [1.29, 1.82) is 0 Å². The van der Waals surface area contributed by atoms with Crippen LogP contribution in [-0.4, -0.2) is 53.2 Å². The van der Waals surface area contributed by atoms with Gasteiger partial charge in [-0.3, -0.25) is 14.6 Å². The number of amides is 2. The van der Waals surface area contributed by atoms with Crippen LogP contribution in [-0.2, 0) is 9.59 Å². The number of fused-ring (bicyclic) bond motifs is 1. The molecule has 1 aliphatic heterocycles. The number of nitrogens with zero attached hydrogens (tertiary/aromatic N) is 1. The number of carbonyl (C=O) groups is 3. The Morgan fingerprint density at radius 3 is 2.45 bits per heavy atom. The minimum atomic E-state index is -5.08. The van der Waals surface area contributed by atoms with E-state index in [0.717, 1.165) is 0 Å². The maximum Gasteiger partial charge on any atom is 0.490 e. The maximum atomic E-state index is 12.3. The first-order valence-electron chi connectivity index (χ1n) is 8.31. The molecule has 1 saturated heterocycles. The predicted octanol–water partition coefficient (Wildman–Crippen LogP) is 2.74. The second kappa shape index (κ2) is 9.73. The third-order valence-corrected chi connectivity index (χ3v) is 4.11. The molecule has 1 atom stereocenters. The van der Waals surface area contributed by atoms with Crippen LogP contribution in [0.1, 0.15) is 16.8 Å². The highest BCUT2D eigenvalue weighted by Gasteiger charge is 2.38. The molecule has 2 amide bonds. The van der Waals surface area contributed by atoms with Crippen molar-refractivity contribution in [3.8, 4) is 5.75 Å². The molecule has 2 aromatic rings. The number of hydrogen-bond donors (Lipinski definition) is 3. The van der Waals surface area contributed by atoms with Crippen LogP contribution in [0.5, 0.6) is 5.75 Å². The van der Waals surface area contributed by atoms with Crippen molar-refractivity contribution in [2.24, 2.45) is 0 Å². The zero-order chi connectivity index (χ0) is 23.3. The number of alkyl halides is 5. The first kappa shape index (κ1) is 24.1. The summed E-state index contributed by atoms with van der Waals surface area (Å²) in [6, 6.07) is 3.61. The minimum Gasteiger partial charge on any atom is -0.475 e. The molecule has 168 valence electrons. The van der Waals surface area contributed by atoms with Gasteiger partial charge < -0.3 is 20.5 Å². The molecule has 0 aliphatic carbocycles. The topological polar surface area (TPSA) is 118 Å². The van der Waals surface area contributed by atoms with Crippen LogP contribution in [0, 0.1) is 0 Å². The van der Waals surface area contributed by atoms with Gasteiger partial charge in [-0.15, -0.1) is 0 Å². The summed E-state index contributed by atoms with van der Waals surface area (Å²) in [5, 5.41) is 12.8. The normalized spacial score (nSPS) is 15.8. The summed E-state index contributed by atoms with van der Waals surface area (Å²) in [6.45, 7) is -2.48. The fourth-order valence-electron chi connectivity index (χ4n) is 2.41. The van der Waals surface area contributed by atoms with E-state index in [1.165, 1.54) is 24.4 Å². The van der Waals surface area contributed by atoms with Gasteiger partial charge in [-0.05, 0) is 18.6 Å². The van der Waals surface area contributed by atoms with Crippen molar-refractivity contribution in [3.63, 3.8) is 0 Å². The molecule has 0 spiro atoms. The highest BCUT2D eigenvalue weighted by molar-refractivity contribution is 6.32. The lowest BCUT2D eigenvalue weighted by Crippen LogP contribution is -2.40. The van der Waals surface area contributed by atoms with Gasteiger partial charge in [0.1, 0.15) is 11.8 Å². The van der Waals surface area contributed by atoms with Gasteiger partial charge in [0.25, 0.3) is 5.91 Å². The smallest absolute Gasteiger partial charge is 0.475 e. The fourth-order valence-corrected chi connectivity index (χ4v) is 2.63. The number of nitrogens with one attached hydrogen (secondary N) is 2. The summed E-state index contributed by atoms with van der Waals surface area (Å²) in [7, 11) is 0. The van der Waals surface area contributed by atoms with Crippen molar-refractivity contribution in [2.75, 3.05) is 6.54 Å². The number of carbonyl (C=O) groups excluding carboxylic acids is 2. The molecule has 14 heteroatoms. The number of aliphatic carboxylic acids is 1. The predicted molar refractivity (Wildman–Crippen MR) is 96.0 cm³/mol. The summed E-state index contributed by atoms with van der Waals surface area (Å²) >= 11 is 5.90. The van der Waals surface area contributed by atoms with E-state index in [9.17, 15) is 31.5 Å². The zero-order valence-corrected chi connectivity index (χ0v) is 15.9. The standard InChI is InChI=1S/C15H12ClF2N3O3.C2HF3O2/c16-9-4-7-3-8(13(22)21-10-1-2-19-14(10)23)6-20-11(7)5-12(9)24-15(17)18;3-2(4,5)1(6)7/h3-6,10,15H,1-2H2,(H,19,23)(H,21,22);(H,6,7)/t10-;/m0./s1. The summed E-state index contributed by atoms with van der Waals surface area (Å²) in [5.74, 6) is -3.62. The highest BCUT2D eigenvalue weighted by Crippen LogP contribution is 2.30. The SMILES string of the molecule is O=C(N[C@H]1CCNC1=O)c1cnc2cc(OC(F)F)c(Cl)cc2c1.O=C(O)C(F)(F)F. The summed E-state index contributed by atoms with van der Waals surface area (Å²) in [6.07, 6.45) is -3.27. The molecule has 0 bridgehead atoms. The molecule has 0 unspecified atom stereocenters. The maximum absolute atomic E-state index is 12.3. The van der Waals surface area contributed by atoms with Crippen molar-refractivity contribution in [3.05, 3.63) is 35.0 Å². The van der Waals surface area contributed by atoms with Crippen LogP contribution < -0.4 is 15.4 Å². The number of aromatic nitrogens is 1. The number of pyridine rings is 1. The van der Waals surface area contributed by atoms with E-state index in [-0.39, 0.29) is 22.2 Å². The van der Waals surface area contributed by atoms with Crippen molar-refractivity contribution >= 4 is 40.3 Å². The molecule has 2 heterocycles. The molecule has 31 heavy (non-hydrogen) atoms. The van der Waals surface area contributed by atoms with Crippen LogP contribution in [0.4, 0.5) is 22.0 Å². The lowest BCUT2D eigenvalue weighted by molar-refractivity contribution is -0.192. The zero-order valence-electron chi connectivity index (χ0n) is 15.2. The first-order chi connectivity index (χ1) is 14.4. The van der Waals surface area contributed by atoms with Crippen LogP contribution in [0.15, 0.2) is 24.4 Å². The Kier molecular flexibility index (Phi) is 7.55. The second-order valence-electron chi connectivity index (χ2n) is 5.99. The van der Waals surface area contributed by atoms with Gasteiger partial charge in [-0.25, -0.2) is 4.79 Å². The van der Waals surface area contributed by atoms with Crippen LogP contribution in [0.3, 0.4) is 0 Å². The number of carboxylic acid groups (broad SMARTS) is 1. The highest BCUT2D eigenvalue weighted by atomic mass is 35.5. The molecule has 1 aromatic heterocycles. The Bertz CT molecular complexity index is 1000. The largest absolute Gasteiger partial charge is 0.490 e. The Morgan fingerprint density at radius 1 is 1.29 bits per heavy atom. The van der Waals surface area contributed by atoms with Crippen molar-refractivity contribution in [1.82, 2.24) is 15.6 Å². The number of carboxylic acids is 1. The fraction of sp³-hybridized carbons (Fsp3) is 0.294. The van der Waals surface area contributed by atoms with Gasteiger partial charge in [-0.2, -0.15) is 22.0 Å². The van der Waals surface area contributed by atoms with Gasteiger partial charge in [0.05, 0.1) is 16.1 Å². The molecule has 1 fully saturated rings. The van der Waals surface area contributed by atoms with Crippen LogP contribution in [0.25, 0.3) is 10.9 Å². The molecule has 0 radical (unpaired) electrons. The Balaban J connectivity index is 0.000000423. The monoisotopic (exact) mass is 469 g/mol. The minimum absolute atomic E-state index is 0.0164. The molecule has 1 aromatic carbocycles. The number of ether oxygens (including phenoxy) is 1. The molecule has 3 N–H and O–H groups in total. The van der Waals surface area contributed by atoms with E-state index < -0.39 is 30.7 Å². The molecule has 3 rings (SSSR count). The third kappa shape index (κ3) is 6.64. The van der Waals surface area contributed by atoms with E-state index in [0.29, 0.717) is 23.9 Å². The van der Waals surface area contributed by atoms with Gasteiger partial charge in [0, 0.05) is 24.2 Å². The summed E-state index contributed by atoms with van der Waals surface area (Å²) < 4.78 is 60.7. The van der Waals surface area contributed by atoms with Gasteiger partial charge in [0.2, 0.25) is 5.91 Å². The van der Waals surface area contributed by atoms with E-state index in [1.54, 1.807) is 0 Å². The van der Waals surface area contributed by atoms with Crippen LogP contribution in [0.2, 0.25) is 5.02 Å². The third-order valence-electron chi connectivity index (χ3n) is 3.81. The quantitative estimate of drug-likeness (QED) is 0.593. The number of rotatable bonds is 4. The second-order valence-corrected chi connectivity index (χ2v) is 6.39. The Morgan fingerprint density at radius 2 is 1.94 bits per heavy atom. The van der Waals surface area contributed by atoms with E-state index in [2.05, 4.69) is 20.4 Å². The first-order valence-corrected chi connectivity index (χ1v) is 8.69. The average Bonchev–Trinajstić information content (AvgIpc) is 3.06.